The Kier molecular flexibility index (Phi) is 4.13. The molecular weight excluding hydrogens is 242 g/mol. The van der Waals surface area contributed by atoms with Crippen LogP contribution >= 0.6 is 0 Å². The third-order valence-electron chi connectivity index (χ3n) is 4.16. The molecule has 2 fully saturated rings. The molecule has 2 aliphatic rings. The van der Waals surface area contributed by atoms with Crippen molar-refractivity contribution in [1.29, 1.82) is 0 Å². The summed E-state index contributed by atoms with van der Waals surface area (Å²) in [7, 11) is 0. The molecule has 2 heterocycles. The van der Waals surface area contributed by atoms with Crippen molar-refractivity contribution in [2.45, 2.75) is 57.6 Å². The smallest absolute Gasteiger partial charge is 0.226 e. The van der Waals surface area contributed by atoms with Gasteiger partial charge in [0.15, 0.2) is 5.82 Å². The monoisotopic (exact) mass is 265 g/mol. The summed E-state index contributed by atoms with van der Waals surface area (Å²) in [5, 5.41) is 7.58. The number of nitrogens with one attached hydrogen (secondary N) is 1. The molecule has 1 saturated carbocycles. The lowest BCUT2D eigenvalue weighted by molar-refractivity contribution is -0.0258. The molecule has 0 amide bonds. The summed E-state index contributed by atoms with van der Waals surface area (Å²) in [6.07, 6.45) is 7.25. The molecular formula is C14H23N3O2. The minimum atomic E-state index is 0.295. The molecule has 1 aliphatic heterocycles. The normalized spacial score (nSPS) is 31.1. The Morgan fingerprint density at radius 2 is 2.26 bits per heavy atom. The van der Waals surface area contributed by atoms with E-state index in [0.29, 0.717) is 18.1 Å². The summed E-state index contributed by atoms with van der Waals surface area (Å²) < 4.78 is 10.9. The Bertz CT molecular complexity index is 395. The van der Waals surface area contributed by atoms with Gasteiger partial charge in [0.2, 0.25) is 5.89 Å². The number of hydrogen-bond donors (Lipinski definition) is 1. The van der Waals surface area contributed by atoms with E-state index in [0.717, 1.165) is 50.6 Å². The van der Waals surface area contributed by atoms with Gasteiger partial charge in [0.05, 0.1) is 12.1 Å². The molecule has 1 N–H and O–H groups in total. The molecule has 1 aromatic rings. The summed E-state index contributed by atoms with van der Waals surface area (Å²) in [5.74, 6) is 2.29. The minimum Gasteiger partial charge on any atom is -0.378 e. The molecule has 5 nitrogen and oxygen atoms in total. The SMILES string of the molecule is CCOC1CC(Cc2nc(C3CCCCN3)no2)C1. The largest absolute Gasteiger partial charge is 0.378 e. The Balaban J connectivity index is 1.48. The van der Waals surface area contributed by atoms with Gasteiger partial charge < -0.3 is 14.6 Å². The number of ether oxygens (including phenoxy) is 1. The van der Waals surface area contributed by atoms with E-state index in [1.165, 1.54) is 12.8 Å². The fraction of sp³-hybridized carbons (Fsp3) is 0.857. The van der Waals surface area contributed by atoms with Crippen LogP contribution < -0.4 is 5.32 Å². The number of rotatable bonds is 5. The number of nitrogens with zero attached hydrogens (tertiary/aromatic N) is 2. The van der Waals surface area contributed by atoms with Crippen LogP contribution in [0, 0.1) is 5.92 Å². The standard InChI is InChI=1S/C14H23N3O2/c1-2-18-11-7-10(8-11)9-13-16-14(17-19-13)12-5-3-4-6-15-12/h10-12,15H,2-9H2,1H3. The molecule has 1 atom stereocenters. The van der Waals surface area contributed by atoms with Crippen molar-refractivity contribution in [3.8, 4) is 0 Å². The van der Waals surface area contributed by atoms with E-state index in [-0.39, 0.29) is 0 Å². The van der Waals surface area contributed by atoms with Crippen LogP contribution in [0.4, 0.5) is 0 Å². The first-order valence-corrected chi connectivity index (χ1v) is 7.52. The van der Waals surface area contributed by atoms with Crippen LogP contribution in [0.5, 0.6) is 0 Å². The Morgan fingerprint density at radius 3 is 3.00 bits per heavy atom. The van der Waals surface area contributed by atoms with Crippen molar-refractivity contribution in [3.05, 3.63) is 11.7 Å². The Labute approximate surface area is 114 Å². The molecule has 0 radical (unpaired) electrons. The van der Waals surface area contributed by atoms with Gasteiger partial charge in [0.25, 0.3) is 0 Å². The van der Waals surface area contributed by atoms with Gasteiger partial charge in [0.1, 0.15) is 0 Å². The third-order valence-corrected chi connectivity index (χ3v) is 4.16. The van der Waals surface area contributed by atoms with Gasteiger partial charge in [-0.3, -0.25) is 0 Å². The van der Waals surface area contributed by atoms with E-state index in [1.807, 2.05) is 0 Å². The van der Waals surface area contributed by atoms with Gasteiger partial charge in [-0.25, -0.2) is 0 Å². The zero-order valence-corrected chi connectivity index (χ0v) is 11.6. The summed E-state index contributed by atoms with van der Waals surface area (Å²) in [4.78, 5) is 4.55. The maximum absolute atomic E-state index is 5.57. The number of aromatic nitrogens is 2. The predicted octanol–water partition coefficient (Wildman–Crippen LogP) is 2.24. The molecule has 0 bridgehead atoms. The first-order valence-electron chi connectivity index (χ1n) is 7.52. The lowest BCUT2D eigenvalue weighted by Crippen LogP contribution is -2.32. The highest BCUT2D eigenvalue weighted by Gasteiger charge is 2.31. The molecule has 0 spiro atoms. The lowest BCUT2D eigenvalue weighted by Gasteiger charge is -2.33. The van der Waals surface area contributed by atoms with Crippen LogP contribution in [-0.2, 0) is 11.2 Å². The zero-order chi connectivity index (χ0) is 13.1. The fourth-order valence-electron chi connectivity index (χ4n) is 3.02. The van der Waals surface area contributed by atoms with Crippen molar-refractivity contribution >= 4 is 0 Å². The van der Waals surface area contributed by atoms with Crippen molar-refractivity contribution in [1.82, 2.24) is 15.5 Å². The van der Waals surface area contributed by atoms with Crippen molar-refractivity contribution in [3.63, 3.8) is 0 Å². The van der Waals surface area contributed by atoms with Crippen LogP contribution in [0.25, 0.3) is 0 Å². The minimum absolute atomic E-state index is 0.295. The highest BCUT2D eigenvalue weighted by molar-refractivity contribution is 4.97. The first-order chi connectivity index (χ1) is 9.35. The van der Waals surface area contributed by atoms with Crippen LogP contribution in [0.2, 0.25) is 0 Å². The zero-order valence-electron chi connectivity index (χ0n) is 11.6. The maximum Gasteiger partial charge on any atom is 0.226 e. The molecule has 3 rings (SSSR count). The van der Waals surface area contributed by atoms with Gasteiger partial charge in [0, 0.05) is 13.0 Å². The highest BCUT2D eigenvalue weighted by Crippen LogP contribution is 2.32. The van der Waals surface area contributed by atoms with Crippen molar-refractivity contribution < 1.29 is 9.26 Å². The Morgan fingerprint density at radius 1 is 1.37 bits per heavy atom. The number of hydrogen-bond acceptors (Lipinski definition) is 5. The van der Waals surface area contributed by atoms with Crippen LogP contribution in [0.1, 0.15) is 56.8 Å². The molecule has 1 aliphatic carbocycles. The average molecular weight is 265 g/mol. The quantitative estimate of drug-likeness (QED) is 0.884. The third kappa shape index (κ3) is 3.15. The second kappa shape index (κ2) is 6.01. The predicted molar refractivity (Wildman–Crippen MR) is 70.7 cm³/mol. The molecule has 106 valence electrons. The van der Waals surface area contributed by atoms with Crippen molar-refractivity contribution in [2.75, 3.05) is 13.2 Å². The lowest BCUT2D eigenvalue weighted by atomic mass is 9.80. The van der Waals surface area contributed by atoms with E-state index < -0.39 is 0 Å². The number of piperidine rings is 1. The summed E-state index contributed by atoms with van der Waals surface area (Å²) in [6.45, 7) is 3.93. The van der Waals surface area contributed by atoms with E-state index in [9.17, 15) is 0 Å². The summed E-state index contributed by atoms with van der Waals surface area (Å²) >= 11 is 0. The average Bonchev–Trinajstić information content (AvgIpc) is 2.86. The maximum atomic E-state index is 5.57. The molecule has 19 heavy (non-hydrogen) atoms. The van der Waals surface area contributed by atoms with Crippen LogP contribution in [0.15, 0.2) is 4.52 Å². The fourth-order valence-corrected chi connectivity index (χ4v) is 3.02. The molecule has 5 heteroatoms. The topological polar surface area (TPSA) is 60.2 Å². The summed E-state index contributed by atoms with van der Waals surface area (Å²) in [5.41, 5.74) is 0. The molecule has 1 aromatic heterocycles. The Hall–Kier alpha value is -0.940. The molecule has 0 aromatic carbocycles. The van der Waals surface area contributed by atoms with E-state index in [2.05, 4.69) is 22.4 Å². The van der Waals surface area contributed by atoms with Gasteiger partial charge >= 0.3 is 0 Å². The van der Waals surface area contributed by atoms with E-state index in [1.54, 1.807) is 0 Å². The highest BCUT2D eigenvalue weighted by atomic mass is 16.5. The first kappa shape index (κ1) is 13.1. The van der Waals surface area contributed by atoms with E-state index >= 15 is 0 Å². The van der Waals surface area contributed by atoms with Crippen molar-refractivity contribution in [2.24, 2.45) is 5.92 Å². The van der Waals surface area contributed by atoms with Crippen LogP contribution in [0.3, 0.4) is 0 Å². The molecule has 1 unspecified atom stereocenters. The summed E-state index contributed by atoms with van der Waals surface area (Å²) in [6, 6.07) is 0.295. The van der Waals surface area contributed by atoms with Gasteiger partial charge in [-0.1, -0.05) is 11.6 Å². The van der Waals surface area contributed by atoms with Crippen LogP contribution in [-0.4, -0.2) is 29.4 Å². The molecule has 1 saturated heterocycles. The van der Waals surface area contributed by atoms with Gasteiger partial charge in [-0.2, -0.15) is 4.98 Å². The van der Waals surface area contributed by atoms with Gasteiger partial charge in [-0.15, -0.1) is 0 Å². The second-order valence-corrected chi connectivity index (χ2v) is 5.67. The second-order valence-electron chi connectivity index (χ2n) is 5.67. The van der Waals surface area contributed by atoms with Gasteiger partial charge in [-0.05, 0) is 45.1 Å². The van der Waals surface area contributed by atoms with E-state index in [4.69, 9.17) is 9.26 Å².